The van der Waals surface area contributed by atoms with Crippen LogP contribution in [0, 0.1) is 5.41 Å². The fourth-order valence-corrected chi connectivity index (χ4v) is 3.71. The molecule has 0 saturated carbocycles. The van der Waals surface area contributed by atoms with Gasteiger partial charge in [0.25, 0.3) is 11.5 Å². The number of benzene rings is 1. The molecule has 3 rings (SSSR count). The van der Waals surface area contributed by atoms with Gasteiger partial charge in [-0.15, -0.1) is 0 Å². The lowest BCUT2D eigenvalue weighted by molar-refractivity contribution is 0.0510. The molecule has 1 fully saturated rings. The summed E-state index contributed by atoms with van der Waals surface area (Å²) in [5.74, 6) is -0.255. The van der Waals surface area contributed by atoms with Crippen molar-refractivity contribution < 1.29 is 9.53 Å². The van der Waals surface area contributed by atoms with Crippen molar-refractivity contribution in [2.45, 2.75) is 32.7 Å². The second-order valence-corrected chi connectivity index (χ2v) is 7.60. The molecule has 0 unspecified atom stereocenters. The highest BCUT2D eigenvalue weighted by atomic mass is 16.5. The number of nitrogens with one attached hydrogen (secondary N) is 2. The van der Waals surface area contributed by atoms with E-state index >= 15 is 0 Å². The van der Waals surface area contributed by atoms with Gasteiger partial charge in [-0.2, -0.15) is 5.10 Å². The van der Waals surface area contributed by atoms with Crippen molar-refractivity contribution in [3.05, 3.63) is 40.3 Å². The lowest BCUT2D eigenvalue weighted by Gasteiger charge is -2.37. The van der Waals surface area contributed by atoms with Crippen molar-refractivity contribution >= 4 is 16.7 Å². The fourth-order valence-electron chi connectivity index (χ4n) is 3.71. The highest BCUT2D eigenvalue weighted by Crippen LogP contribution is 2.28. The Balaban J connectivity index is 1.91. The third-order valence-corrected chi connectivity index (χ3v) is 5.27. The number of nitrogens with zero attached hydrogens (tertiary/aromatic N) is 2. The van der Waals surface area contributed by atoms with Crippen LogP contribution in [0.15, 0.2) is 29.1 Å². The molecule has 7 nitrogen and oxygen atoms in total. The van der Waals surface area contributed by atoms with E-state index in [1.165, 1.54) is 4.68 Å². The Morgan fingerprint density at radius 1 is 1.30 bits per heavy atom. The topological polar surface area (TPSA) is 85.2 Å². The Labute approximate surface area is 159 Å². The van der Waals surface area contributed by atoms with Crippen molar-refractivity contribution in [1.82, 2.24) is 20.4 Å². The maximum Gasteiger partial charge on any atom is 0.274 e. The smallest absolute Gasteiger partial charge is 0.274 e. The van der Waals surface area contributed by atoms with Crippen LogP contribution in [-0.2, 0) is 4.74 Å². The molecule has 0 atom stereocenters. The standard InChI is InChI=1S/C20H28N4O3/c1-14(2)24-19(26)16-7-5-4-6-15(16)17(23-24)18(25)22-12-20(13-27-3)8-10-21-11-9-20/h4-7,14,21H,8-13H2,1-3H3,(H,22,25). The minimum Gasteiger partial charge on any atom is -0.384 e. The van der Waals surface area contributed by atoms with Crippen molar-refractivity contribution in [3.8, 4) is 0 Å². The van der Waals surface area contributed by atoms with Crippen LogP contribution >= 0.6 is 0 Å². The zero-order valence-electron chi connectivity index (χ0n) is 16.2. The van der Waals surface area contributed by atoms with Gasteiger partial charge in [-0.3, -0.25) is 9.59 Å². The molecule has 0 radical (unpaired) electrons. The average molecular weight is 372 g/mol. The van der Waals surface area contributed by atoms with Crippen LogP contribution < -0.4 is 16.2 Å². The van der Waals surface area contributed by atoms with Gasteiger partial charge in [-0.05, 0) is 45.8 Å². The first-order chi connectivity index (χ1) is 13.0. The first-order valence-electron chi connectivity index (χ1n) is 9.47. The summed E-state index contributed by atoms with van der Waals surface area (Å²) in [6.07, 6.45) is 1.89. The molecule has 1 aromatic carbocycles. The van der Waals surface area contributed by atoms with E-state index in [9.17, 15) is 9.59 Å². The largest absolute Gasteiger partial charge is 0.384 e. The number of hydrogen-bond donors (Lipinski definition) is 2. The minimum absolute atomic E-state index is 0.0715. The minimum atomic E-state index is -0.255. The molecule has 0 spiro atoms. The number of piperidine rings is 1. The van der Waals surface area contributed by atoms with E-state index in [0.29, 0.717) is 29.6 Å². The van der Waals surface area contributed by atoms with Crippen LogP contribution in [0.3, 0.4) is 0 Å². The molecule has 146 valence electrons. The van der Waals surface area contributed by atoms with Crippen LogP contribution in [0.1, 0.15) is 43.2 Å². The van der Waals surface area contributed by atoms with E-state index in [4.69, 9.17) is 4.74 Å². The van der Waals surface area contributed by atoms with Crippen LogP contribution in [0.4, 0.5) is 0 Å². The summed E-state index contributed by atoms with van der Waals surface area (Å²) in [5, 5.41) is 11.9. The molecule has 0 aliphatic carbocycles. The van der Waals surface area contributed by atoms with Crippen LogP contribution in [-0.4, -0.2) is 49.0 Å². The average Bonchev–Trinajstić information content (AvgIpc) is 2.67. The van der Waals surface area contributed by atoms with Crippen molar-refractivity contribution in [2.75, 3.05) is 33.4 Å². The summed E-state index contributed by atoms with van der Waals surface area (Å²) >= 11 is 0. The lowest BCUT2D eigenvalue weighted by atomic mass is 9.79. The van der Waals surface area contributed by atoms with Crippen molar-refractivity contribution in [3.63, 3.8) is 0 Å². The normalized spacial score (nSPS) is 16.6. The van der Waals surface area contributed by atoms with Crippen molar-refractivity contribution in [2.24, 2.45) is 5.41 Å². The SMILES string of the molecule is COCC1(CNC(=O)c2nn(C(C)C)c(=O)c3ccccc23)CCNCC1. The highest BCUT2D eigenvalue weighted by Gasteiger charge is 2.33. The summed E-state index contributed by atoms with van der Waals surface area (Å²) in [6.45, 7) is 6.73. The zero-order valence-corrected chi connectivity index (χ0v) is 16.2. The number of aromatic nitrogens is 2. The van der Waals surface area contributed by atoms with Gasteiger partial charge in [0, 0.05) is 24.5 Å². The molecule has 2 N–H and O–H groups in total. The predicted molar refractivity (Wildman–Crippen MR) is 105 cm³/mol. The van der Waals surface area contributed by atoms with Crippen molar-refractivity contribution in [1.29, 1.82) is 0 Å². The van der Waals surface area contributed by atoms with E-state index in [0.717, 1.165) is 25.9 Å². The third-order valence-electron chi connectivity index (χ3n) is 5.27. The molecular weight excluding hydrogens is 344 g/mol. The molecule has 1 saturated heterocycles. The van der Waals surface area contributed by atoms with E-state index in [-0.39, 0.29) is 22.9 Å². The van der Waals surface area contributed by atoms with E-state index in [2.05, 4.69) is 15.7 Å². The Bertz CT molecular complexity index is 864. The van der Waals surface area contributed by atoms with E-state index < -0.39 is 0 Å². The van der Waals surface area contributed by atoms with Gasteiger partial charge >= 0.3 is 0 Å². The second-order valence-electron chi connectivity index (χ2n) is 7.60. The summed E-state index contributed by atoms with van der Waals surface area (Å²) < 4.78 is 6.80. The monoisotopic (exact) mass is 372 g/mol. The maximum atomic E-state index is 13.0. The number of fused-ring (bicyclic) bond motifs is 1. The van der Waals surface area contributed by atoms with Gasteiger partial charge in [0.15, 0.2) is 5.69 Å². The van der Waals surface area contributed by atoms with Gasteiger partial charge in [-0.25, -0.2) is 4.68 Å². The number of hydrogen-bond acceptors (Lipinski definition) is 5. The third kappa shape index (κ3) is 4.04. The first-order valence-corrected chi connectivity index (χ1v) is 9.47. The predicted octanol–water partition coefficient (Wildman–Crippen LogP) is 1.72. The number of carbonyl (C=O) groups excluding carboxylic acids is 1. The highest BCUT2D eigenvalue weighted by molar-refractivity contribution is 6.04. The molecule has 7 heteroatoms. The van der Waals surface area contributed by atoms with E-state index in [1.54, 1.807) is 25.3 Å². The Kier molecular flexibility index (Phi) is 5.92. The quantitative estimate of drug-likeness (QED) is 0.807. The molecule has 2 aromatic rings. The Hall–Kier alpha value is -2.25. The molecule has 27 heavy (non-hydrogen) atoms. The molecular formula is C20H28N4O3. The van der Waals surface area contributed by atoms with Gasteiger partial charge in [-0.1, -0.05) is 18.2 Å². The molecule has 1 aromatic heterocycles. The molecule has 1 aliphatic heterocycles. The summed E-state index contributed by atoms with van der Waals surface area (Å²) in [4.78, 5) is 25.6. The maximum absolute atomic E-state index is 13.0. The Morgan fingerprint density at radius 3 is 2.59 bits per heavy atom. The number of amides is 1. The van der Waals surface area contributed by atoms with Crippen LogP contribution in [0.25, 0.3) is 10.8 Å². The van der Waals surface area contributed by atoms with Crippen LogP contribution in [0.2, 0.25) is 0 Å². The Morgan fingerprint density at radius 2 is 1.96 bits per heavy atom. The number of methoxy groups -OCH3 is 1. The number of rotatable bonds is 6. The second kappa shape index (κ2) is 8.19. The summed E-state index contributed by atoms with van der Waals surface area (Å²) in [6, 6.07) is 7.02. The van der Waals surface area contributed by atoms with E-state index in [1.807, 2.05) is 19.9 Å². The molecule has 1 amide bonds. The number of carbonyl (C=O) groups is 1. The zero-order chi connectivity index (χ0) is 19.4. The summed E-state index contributed by atoms with van der Waals surface area (Å²) in [7, 11) is 1.69. The first kappa shape index (κ1) is 19.5. The molecule has 2 heterocycles. The number of ether oxygens (including phenoxy) is 1. The van der Waals surface area contributed by atoms with Gasteiger partial charge in [0.1, 0.15) is 0 Å². The van der Waals surface area contributed by atoms with Gasteiger partial charge < -0.3 is 15.4 Å². The fraction of sp³-hybridized carbons (Fsp3) is 0.550. The van der Waals surface area contributed by atoms with Gasteiger partial charge in [0.05, 0.1) is 18.0 Å². The molecule has 0 bridgehead atoms. The van der Waals surface area contributed by atoms with Crippen LogP contribution in [0.5, 0.6) is 0 Å². The summed E-state index contributed by atoms with van der Waals surface area (Å²) in [5.41, 5.74) is 0.0459. The van der Waals surface area contributed by atoms with Gasteiger partial charge in [0.2, 0.25) is 0 Å². The molecule has 1 aliphatic rings. The lowest BCUT2D eigenvalue weighted by Crippen LogP contribution is -2.47.